The summed E-state index contributed by atoms with van der Waals surface area (Å²) in [6.07, 6.45) is 0.941. The third-order valence-corrected chi connectivity index (χ3v) is 2.28. The Kier molecular flexibility index (Phi) is 4.66. The zero-order valence-electron chi connectivity index (χ0n) is 8.13. The zero-order chi connectivity index (χ0) is 10.4. The molecule has 0 atom stereocenters. The monoisotopic (exact) mass is 256 g/mol. The summed E-state index contributed by atoms with van der Waals surface area (Å²) in [5.41, 5.74) is 0.651. The quantitative estimate of drug-likeness (QED) is 0.598. The SMILES string of the molecule is CCCOc1ccccc1C(=O)CBr. The average Bonchev–Trinajstić information content (AvgIpc) is 2.25. The van der Waals surface area contributed by atoms with Crippen LogP contribution >= 0.6 is 15.9 Å². The van der Waals surface area contributed by atoms with E-state index in [1.807, 2.05) is 25.1 Å². The normalized spacial score (nSPS) is 9.86. The summed E-state index contributed by atoms with van der Waals surface area (Å²) < 4.78 is 5.47. The molecule has 0 saturated carbocycles. The molecule has 0 heterocycles. The van der Waals surface area contributed by atoms with Crippen LogP contribution in [0.5, 0.6) is 5.75 Å². The number of alkyl halides is 1. The Balaban J connectivity index is 2.85. The Labute approximate surface area is 92.4 Å². The van der Waals surface area contributed by atoms with E-state index in [2.05, 4.69) is 15.9 Å². The van der Waals surface area contributed by atoms with Crippen molar-refractivity contribution in [1.82, 2.24) is 0 Å². The molecule has 0 saturated heterocycles. The van der Waals surface area contributed by atoms with Crippen LogP contribution in [-0.2, 0) is 0 Å². The first-order valence-electron chi connectivity index (χ1n) is 4.60. The van der Waals surface area contributed by atoms with Gasteiger partial charge >= 0.3 is 0 Å². The summed E-state index contributed by atoms with van der Waals surface area (Å²) >= 11 is 3.15. The standard InChI is InChI=1S/C11H13BrO2/c1-2-7-14-11-6-4-3-5-9(11)10(13)8-12/h3-6H,2,7-8H2,1H3. The van der Waals surface area contributed by atoms with E-state index in [-0.39, 0.29) is 5.78 Å². The Morgan fingerprint density at radius 1 is 1.43 bits per heavy atom. The summed E-state index contributed by atoms with van der Waals surface area (Å²) in [4.78, 5) is 11.5. The number of rotatable bonds is 5. The molecule has 14 heavy (non-hydrogen) atoms. The number of para-hydroxylation sites is 1. The molecule has 1 aromatic rings. The first-order chi connectivity index (χ1) is 6.79. The van der Waals surface area contributed by atoms with Crippen molar-refractivity contribution >= 4 is 21.7 Å². The first-order valence-corrected chi connectivity index (χ1v) is 5.72. The number of halogens is 1. The molecule has 0 bridgehead atoms. The molecule has 0 aromatic heterocycles. The van der Waals surface area contributed by atoms with Crippen LogP contribution in [0.15, 0.2) is 24.3 Å². The fourth-order valence-corrected chi connectivity index (χ4v) is 1.41. The second-order valence-electron chi connectivity index (χ2n) is 2.90. The molecule has 0 radical (unpaired) electrons. The molecule has 0 N–H and O–H groups in total. The number of hydrogen-bond acceptors (Lipinski definition) is 2. The number of hydrogen-bond donors (Lipinski definition) is 0. The molecule has 0 fully saturated rings. The van der Waals surface area contributed by atoms with Crippen LogP contribution in [0.25, 0.3) is 0 Å². The number of Topliss-reactive ketones (excluding diaryl/α,β-unsaturated/α-hetero) is 1. The van der Waals surface area contributed by atoms with Crippen LogP contribution < -0.4 is 4.74 Å². The molecular formula is C11H13BrO2. The van der Waals surface area contributed by atoms with Gasteiger partial charge in [0.1, 0.15) is 5.75 Å². The molecule has 0 aliphatic heterocycles. The molecule has 0 aliphatic carbocycles. The fourth-order valence-electron chi connectivity index (χ4n) is 1.11. The van der Waals surface area contributed by atoms with E-state index >= 15 is 0 Å². The van der Waals surface area contributed by atoms with Crippen molar-refractivity contribution in [2.45, 2.75) is 13.3 Å². The number of carbonyl (C=O) groups excluding carboxylic acids is 1. The van der Waals surface area contributed by atoms with E-state index in [1.54, 1.807) is 6.07 Å². The van der Waals surface area contributed by atoms with Gasteiger partial charge in [0.15, 0.2) is 5.78 Å². The summed E-state index contributed by atoms with van der Waals surface area (Å²) in [5.74, 6) is 0.732. The minimum absolute atomic E-state index is 0.0525. The zero-order valence-corrected chi connectivity index (χ0v) is 9.71. The molecule has 1 aromatic carbocycles. The topological polar surface area (TPSA) is 26.3 Å². The van der Waals surface area contributed by atoms with Gasteiger partial charge in [0.05, 0.1) is 17.5 Å². The minimum atomic E-state index is 0.0525. The van der Waals surface area contributed by atoms with E-state index in [4.69, 9.17) is 4.74 Å². The smallest absolute Gasteiger partial charge is 0.177 e. The van der Waals surface area contributed by atoms with E-state index in [9.17, 15) is 4.79 Å². The Bertz CT molecular complexity index is 310. The predicted molar refractivity (Wildman–Crippen MR) is 60.4 cm³/mol. The summed E-state index contributed by atoms with van der Waals surface area (Å²) in [7, 11) is 0. The van der Waals surface area contributed by atoms with E-state index in [0.717, 1.165) is 6.42 Å². The van der Waals surface area contributed by atoms with E-state index in [1.165, 1.54) is 0 Å². The third-order valence-electron chi connectivity index (χ3n) is 1.77. The highest BCUT2D eigenvalue weighted by molar-refractivity contribution is 9.09. The Morgan fingerprint density at radius 2 is 2.14 bits per heavy atom. The van der Waals surface area contributed by atoms with E-state index in [0.29, 0.717) is 23.2 Å². The molecule has 3 heteroatoms. The highest BCUT2D eigenvalue weighted by Crippen LogP contribution is 2.19. The lowest BCUT2D eigenvalue weighted by atomic mass is 10.1. The van der Waals surface area contributed by atoms with Gasteiger partial charge in [-0.25, -0.2) is 0 Å². The summed E-state index contributed by atoms with van der Waals surface area (Å²) in [5, 5.41) is 0.333. The first kappa shape index (κ1) is 11.2. The molecular weight excluding hydrogens is 244 g/mol. The lowest BCUT2D eigenvalue weighted by Crippen LogP contribution is -2.05. The maximum atomic E-state index is 11.5. The maximum Gasteiger partial charge on any atom is 0.177 e. The highest BCUT2D eigenvalue weighted by Gasteiger charge is 2.09. The molecule has 0 spiro atoms. The predicted octanol–water partition coefficient (Wildman–Crippen LogP) is 3.05. The van der Waals surface area contributed by atoms with Gasteiger partial charge in [-0.3, -0.25) is 4.79 Å². The van der Waals surface area contributed by atoms with Crippen molar-refractivity contribution in [2.24, 2.45) is 0 Å². The summed E-state index contributed by atoms with van der Waals surface area (Å²) in [6, 6.07) is 7.32. The van der Waals surface area contributed by atoms with Crippen molar-refractivity contribution in [3.05, 3.63) is 29.8 Å². The van der Waals surface area contributed by atoms with Crippen molar-refractivity contribution < 1.29 is 9.53 Å². The van der Waals surface area contributed by atoms with Crippen molar-refractivity contribution in [3.63, 3.8) is 0 Å². The van der Waals surface area contributed by atoms with Crippen LogP contribution in [0.3, 0.4) is 0 Å². The number of benzene rings is 1. The second-order valence-corrected chi connectivity index (χ2v) is 3.46. The molecule has 0 aliphatic rings. The third kappa shape index (κ3) is 2.84. The van der Waals surface area contributed by atoms with Crippen molar-refractivity contribution in [1.29, 1.82) is 0 Å². The molecule has 76 valence electrons. The Hall–Kier alpha value is -0.830. The van der Waals surface area contributed by atoms with Crippen LogP contribution in [0.4, 0.5) is 0 Å². The van der Waals surface area contributed by atoms with Crippen molar-refractivity contribution in [3.8, 4) is 5.75 Å². The van der Waals surface area contributed by atoms with Crippen LogP contribution in [-0.4, -0.2) is 17.7 Å². The lowest BCUT2D eigenvalue weighted by Gasteiger charge is -2.08. The van der Waals surface area contributed by atoms with Crippen molar-refractivity contribution in [2.75, 3.05) is 11.9 Å². The van der Waals surface area contributed by atoms with Gasteiger partial charge in [-0.2, -0.15) is 0 Å². The number of carbonyl (C=O) groups is 1. The molecule has 0 amide bonds. The van der Waals surface area contributed by atoms with Gasteiger partial charge < -0.3 is 4.74 Å². The van der Waals surface area contributed by atoms with Crippen LogP contribution in [0.2, 0.25) is 0 Å². The van der Waals surface area contributed by atoms with Gasteiger partial charge in [-0.05, 0) is 18.6 Å². The van der Waals surface area contributed by atoms with Gasteiger partial charge in [0.25, 0.3) is 0 Å². The molecule has 1 rings (SSSR count). The second kappa shape index (κ2) is 5.81. The lowest BCUT2D eigenvalue weighted by molar-refractivity contribution is 0.102. The molecule has 2 nitrogen and oxygen atoms in total. The largest absolute Gasteiger partial charge is 0.493 e. The van der Waals surface area contributed by atoms with Crippen LogP contribution in [0, 0.1) is 0 Å². The fraction of sp³-hybridized carbons (Fsp3) is 0.364. The van der Waals surface area contributed by atoms with Gasteiger partial charge in [0.2, 0.25) is 0 Å². The van der Waals surface area contributed by atoms with Crippen LogP contribution in [0.1, 0.15) is 23.7 Å². The average molecular weight is 257 g/mol. The number of ether oxygens (including phenoxy) is 1. The van der Waals surface area contributed by atoms with Gasteiger partial charge in [0, 0.05) is 0 Å². The number of ketones is 1. The van der Waals surface area contributed by atoms with E-state index < -0.39 is 0 Å². The Morgan fingerprint density at radius 3 is 2.79 bits per heavy atom. The maximum absolute atomic E-state index is 11.5. The molecule has 0 unspecified atom stereocenters. The van der Waals surface area contributed by atoms with Gasteiger partial charge in [-0.1, -0.05) is 35.0 Å². The van der Waals surface area contributed by atoms with Gasteiger partial charge in [-0.15, -0.1) is 0 Å². The highest BCUT2D eigenvalue weighted by atomic mass is 79.9. The minimum Gasteiger partial charge on any atom is -0.493 e. The summed E-state index contributed by atoms with van der Waals surface area (Å²) in [6.45, 7) is 2.68.